The predicted molar refractivity (Wildman–Crippen MR) is 9.94 cm³/mol. The number of hydrogen-bond acceptors (Lipinski definition) is 0. The van der Waals surface area contributed by atoms with Crippen molar-refractivity contribution < 1.29 is 90.5 Å². The van der Waals surface area contributed by atoms with Crippen LogP contribution in [0.25, 0.3) is 0 Å². The van der Waals surface area contributed by atoms with E-state index < -0.39 is 0 Å². The molecule has 0 N–H and O–H groups in total. The second kappa shape index (κ2) is 37.3. The van der Waals surface area contributed by atoms with Gasteiger partial charge in [-0.3, -0.25) is 0 Å². The van der Waals surface area contributed by atoms with E-state index in [9.17, 15) is 0 Å². The van der Waals surface area contributed by atoms with Crippen LogP contribution in [0.4, 0.5) is 0 Å². The average Bonchev–Trinajstić information content (AvgIpc) is 1.00. The van der Waals surface area contributed by atoms with Gasteiger partial charge in [-0.15, -0.1) is 0 Å². The SMILES string of the molecule is [AlH3].[Fe].[Mn].[Zn].[Zr][Mo]. The Balaban J connectivity index is -0.000000000833. The van der Waals surface area contributed by atoms with Crippen molar-refractivity contribution in [2.24, 2.45) is 0 Å². The van der Waals surface area contributed by atoms with Gasteiger partial charge in [0, 0.05) is 53.6 Å². The van der Waals surface area contributed by atoms with Gasteiger partial charge in [0.05, 0.1) is 0 Å². The third kappa shape index (κ3) is 25.1. The van der Waals surface area contributed by atoms with Crippen LogP contribution in [0.3, 0.4) is 0 Å². The molecule has 0 unspecified atom stereocenters. The molecule has 33 valence electrons. The van der Waals surface area contributed by atoms with E-state index in [-0.39, 0.29) is 71.0 Å². The van der Waals surface area contributed by atoms with Crippen molar-refractivity contribution in [2.75, 3.05) is 0 Å². The number of rotatable bonds is 0. The molecule has 0 saturated carbocycles. The molecule has 0 fully saturated rings. The van der Waals surface area contributed by atoms with Crippen LogP contribution in [-0.4, -0.2) is 17.4 Å². The van der Waals surface area contributed by atoms with Gasteiger partial charge < -0.3 is 0 Å². The van der Waals surface area contributed by atoms with Crippen molar-refractivity contribution in [1.29, 1.82) is 0 Å². The zero-order chi connectivity index (χ0) is 2.00. The zero-order valence-electron chi connectivity index (χ0n) is 2.35. The summed E-state index contributed by atoms with van der Waals surface area (Å²) in [4.78, 5) is 0. The molecule has 0 atom stereocenters. The van der Waals surface area contributed by atoms with Crippen molar-refractivity contribution in [2.45, 2.75) is 0 Å². The molecule has 0 aromatic rings. The van der Waals surface area contributed by atoms with Crippen LogP contribution in [0.15, 0.2) is 0 Å². The molecule has 0 spiro atoms. The molecule has 0 rings (SSSR count). The number of hydrogen-bond donors (Lipinski definition) is 0. The molecule has 0 aliphatic carbocycles. The van der Waals surface area contributed by atoms with E-state index in [1.807, 2.05) is 15.6 Å². The van der Waals surface area contributed by atoms with Gasteiger partial charge in [0.2, 0.25) is 0 Å². The normalized spacial score (nSPS) is 0.500. The van der Waals surface area contributed by atoms with Crippen LogP contribution in [0.2, 0.25) is 0 Å². The second-order valence-electron chi connectivity index (χ2n) is 0. The summed E-state index contributed by atoms with van der Waals surface area (Å²) in [5.41, 5.74) is 0. The van der Waals surface area contributed by atoms with E-state index in [0.717, 1.165) is 0 Å². The Labute approximate surface area is 106 Å². The van der Waals surface area contributed by atoms with Crippen LogP contribution in [-0.2, 0) is 90.5 Å². The van der Waals surface area contributed by atoms with E-state index in [1.54, 1.807) is 21.3 Å². The maximum absolute atomic E-state index is 2.04. The predicted octanol–water partition coefficient (Wildman–Crippen LogP) is -1.20. The van der Waals surface area contributed by atoms with Gasteiger partial charge in [-0.25, -0.2) is 0 Å². The first kappa shape index (κ1) is 33.0. The summed E-state index contributed by atoms with van der Waals surface area (Å²) in [5.74, 6) is 0. The molecule has 0 heterocycles. The van der Waals surface area contributed by atoms with Crippen molar-refractivity contribution in [3.63, 3.8) is 0 Å². The van der Waals surface area contributed by atoms with Gasteiger partial charge in [-0.1, -0.05) is 0 Å². The van der Waals surface area contributed by atoms with Gasteiger partial charge in [0.1, 0.15) is 0 Å². The molecule has 0 bridgehead atoms. The monoisotopic (exact) mass is 393 g/mol. The van der Waals surface area contributed by atoms with Crippen LogP contribution < -0.4 is 0 Å². The Morgan fingerprint density at radius 1 is 1.17 bits per heavy atom. The fourth-order valence-electron chi connectivity index (χ4n) is 0. The van der Waals surface area contributed by atoms with Crippen LogP contribution in [0.1, 0.15) is 0 Å². The molecule has 0 amide bonds. The topological polar surface area (TPSA) is 0 Å². The Kier molecular flexibility index (Phi) is 205. The summed E-state index contributed by atoms with van der Waals surface area (Å²) < 4.78 is 0. The van der Waals surface area contributed by atoms with Crippen LogP contribution in [0, 0.1) is 0 Å². The molecule has 0 aliphatic heterocycles. The molecule has 6 heavy (non-hydrogen) atoms. The molecule has 0 nitrogen and oxygen atoms in total. The zero-order valence-corrected chi connectivity index (χ0v) is 12.1. The molecular formula is H3AlFeMnMoZnZr. The molecular weight excluding hydrogens is 390 g/mol. The van der Waals surface area contributed by atoms with Crippen LogP contribution in [0.5, 0.6) is 0 Å². The van der Waals surface area contributed by atoms with Gasteiger partial charge in [-0.05, 0) is 0 Å². The van der Waals surface area contributed by atoms with E-state index in [2.05, 4.69) is 0 Å². The summed E-state index contributed by atoms with van der Waals surface area (Å²) in [6, 6.07) is 0. The van der Waals surface area contributed by atoms with Crippen molar-refractivity contribution >= 4 is 17.4 Å². The van der Waals surface area contributed by atoms with E-state index in [1.165, 1.54) is 0 Å². The molecule has 1 radical (unpaired) electrons. The average molecular weight is 393 g/mol. The van der Waals surface area contributed by atoms with Crippen LogP contribution >= 0.6 is 0 Å². The summed E-state index contributed by atoms with van der Waals surface area (Å²) >= 11 is 3.60. The van der Waals surface area contributed by atoms with Crippen molar-refractivity contribution in [3.05, 3.63) is 0 Å². The first-order valence-corrected chi connectivity index (χ1v) is 7.14. The quantitative estimate of drug-likeness (QED) is 0.454. The first-order valence-electron chi connectivity index (χ1n) is 0.204. The Bertz CT molecular complexity index is 15.5. The molecule has 0 saturated heterocycles. The second-order valence-corrected chi connectivity index (χ2v) is 0. The van der Waals surface area contributed by atoms with Crippen molar-refractivity contribution in [3.8, 4) is 0 Å². The van der Waals surface area contributed by atoms with Gasteiger partial charge >= 0.3 is 36.9 Å². The van der Waals surface area contributed by atoms with Gasteiger partial charge in [0.15, 0.2) is 17.4 Å². The Morgan fingerprint density at radius 2 is 1.17 bits per heavy atom. The Morgan fingerprint density at radius 3 is 1.17 bits per heavy atom. The standard InChI is InChI=1S/Al.Fe.Mn.Mo.Zn.Zr.3H. The first-order chi connectivity index (χ1) is 1.00. The maximum atomic E-state index is 2.04. The minimum absolute atomic E-state index is 0. The summed E-state index contributed by atoms with van der Waals surface area (Å²) in [6.45, 7) is 0. The van der Waals surface area contributed by atoms with Gasteiger partial charge in [-0.2, -0.15) is 0 Å². The third-order valence-electron chi connectivity index (χ3n) is 0. The Hall–Kier alpha value is 3.77. The summed E-state index contributed by atoms with van der Waals surface area (Å²) in [5, 5.41) is 0. The van der Waals surface area contributed by atoms with Crippen molar-refractivity contribution in [1.82, 2.24) is 0 Å². The molecule has 0 aliphatic rings. The van der Waals surface area contributed by atoms with Gasteiger partial charge in [0.25, 0.3) is 0 Å². The van der Waals surface area contributed by atoms with E-state index >= 15 is 0 Å². The third-order valence-corrected chi connectivity index (χ3v) is 0. The fourth-order valence-corrected chi connectivity index (χ4v) is 0. The molecule has 0 aromatic heterocycles. The fraction of sp³-hybridized carbons (Fsp3) is 0. The van der Waals surface area contributed by atoms with E-state index in [4.69, 9.17) is 0 Å². The summed E-state index contributed by atoms with van der Waals surface area (Å²) in [6.07, 6.45) is 0. The summed E-state index contributed by atoms with van der Waals surface area (Å²) in [7, 11) is 0. The van der Waals surface area contributed by atoms with E-state index in [0.29, 0.717) is 0 Å². The minimum atomic E-state index is 0. The molecule has 6 heteroatoms. The molecule has 0 aromatic carbocycles.